The summed E-state index contributed by atoms with van der Waals surface area (Å²) < 4.78 is 21.7. The smallest absolute Gasteiger partial charge is 0.415 e. The lowest BCUT2D eigenvalue weighted by Gasteiger charge is -2.23. The molecule has 0 aromatic rings. The molecule has 41 heavy (non-hydrogen) atoms. The maximum Gasteiger partial charge on any atom is 0.504 e. The van der Waals surface area contributed by atoms with Gasteiger partial charge in [-0.15, -0.1) is 0 Å². The molecule has 1 fully saturated rings. The Morgan fingerprint density at radius 3 is 1.34 bits per heavy atom. The fourth-order valence-electron chi connectivity index (χ4n) is 5.39. The van der Waals surface area contributed by atoms with Gasteiger partial charge in [-0.2, -0.15) is 0 Å². The third-order valence-corrected chi connectivity index (χ3v) is 14.0. The highest BCUT2D eigenvalue weighted by atomic mass is 28.4. The summed E-state index contributed by atoms with van der Waals surface area (Å²) in [7, 11) is 1.77. The van der Waals surface area contributed by atoms with Gasteiger partial charge in [0.1, 0.15) is 0 Å². The monoisotopic (exact) mass is 610 g/mol. The fraction of sp³-hybridized carbons (Fsp3) is 0.758. The van der Waals surface area contributed by atoms with Gasteiger partial charge in [-0.05, 0) is 88.5 Å². The number of rotatable bonds is 26. The Labute approximate surface area is 254 Å². The van der Waals surface area contributed by atoms with Crippen molar-refractivity contribution >= 4 is 17.1 Å². The number of hydrogen-bond donors (Lipinski definition) is 2. The van der Waals surface area contributed by atoms with Crippen molar-refractivity contribution in [2.24, 2.45) is 11.8 Å². The largest absolute Gasteiger partial charge is 0.504 e. The summed E-state index contributed by atoms with van der Waals surface area (Å²) in [5.74, 6) is 1.55. The molecule has 2 N–H and O–H groups in total. The summed E-state index contributed by atoms with van der Waals surface area (Å²) in [5.41, 5.74) is 0. The first-order valence-corrected chi connectivity index (χ1v) is 20.5. The van der Waals surface area contributed by atoms with Crippen molar-refractivity contribution in [3.8, 4) is 0 Å². The Morgan fingerprint density at radius 2 is 0.951 bits per heavy atom. The van der Waals surface area contributed by atoms with Crippen molar-refractivity contribution in [1.82, 2.24) is 0 Å². The van der Waals surface area contributed by atoms with Gasteiger partial charge in [0, 0.05) is 34.5 Å². The van der Waals surface area contributed by atoms with E-state index in [0.717, 1.165) is 30.7 Å². The SMILES string of the molecule is CO[Si](CO)(CO)CC=CCCCCCCC=CC1CCC(C=CCCCCCCC=CC[Si](OC)(OC)OC)C1. The topological polar surface area (TPSA) is 77.4 Å². The molecule has 0 aromatic heterocycles. The molecule has 0 aliphatic heterocycles. The third-order valence-electron chi connectivity index (χ3n) is 8.45. The zero-order chi connectivity index (χ0) is 30.1. The van der Waals surface area contributed by atoms with Gasteiger partial charge < -0.3 is 27.9 Å². The van der Waals surface area contributed by atoms with Crippen LogP contribution in [0.25, 0.3) is 0 Å². The number of allylic oxidation sites excluding steroid dienone is 8. The second-order valence-corrected chi connectivity index (χ2v) is 18.3. The summed E-state index contributed by atoms with van der Waals surface area (Å²) in [4.78, 5) is 0. The van der Waals surface area contributed by atoms with E-state index in [1.54, 1.807) is 28.4 Å². The minimum Gasteiger partial charge on any atom is -0.415 e. The normalized spacial score (nSPS) is 18.8. The van der Waals surface area contributed by atoms with Gasteiger partial charge in [-0.3, -0.25) is 0 Å². The van der Waals surface area contributed by atoms with Crippen molar-refractivity contribution < 1.29 is 27.9 Å². The van der Waals surface area contributed by atoms with E-state index in [0.29, 0.717) is 6.04 Å². The molecule has 1 aliphatic carbocycles. The molecule has 1 saturated carbocycles. The van der Waals surface area contributed by atoms with Gasteiger partial charge in [0.2, 0.25) is 8.32 Å². The first-order valence-electron chi connectivity index (χ1n) is 16.1. The maximum atomic E-state index is 9.45. The molecular weight excluding hydrogens is 549 g/mol. The number of aliphatic hydroxyl groups is 2. The number of aliphatic hydroxyl groups excluding tert-OH is 2. The minimum atomic E-state index is -2.46. The summed E-state index contributed by atoms with van der Waals surface area (Å²) in [5, 5.41) is 18.9. The average molecular weight is 611 g/mol. The van der Waals surface area contributed by atoms with Crippen LogP contribution in [-0.4, -0.2) is 68.2 Å². The number of unbranched alkanes of at least 4 members (excludes halogenated alkanes) is 10. The van der Waals surface area contributed by atoms with Crippen LogP contribution in [0.2, 0.25) is 12.1 Å². The highest BCUT2D eigenvalue weighted by Gasteiger charge is 2.36. The Balaban J connectivity index is 2.00. The van der Waals surface area contributed by atoms with E-state index < -0.39 is 17.1 Å². The van der Waals surface area contributed by atoms with Crippen LogP contribution in [0.15, 0.2) is 48.6 Å². The molecule has 238 valence electrons. The summed E-state index contributed by atoms with van der Waals surface area (Å²) in [6.45, 7) is 0. The van der Waals surface area contributed by atoms with Crippen LogP contribution in [0.3, 0.4) is 0 Å². The Kier molecular flexibility index (Phi) is 22.9. The van der Waals surface area contributed by atoms with E-state index in [1.165, 1.54) is 83.5 Å². The molecule has 6 nitrogen and oxygen atoms in total. The van der Waals surface area contributed by atoms with Gasteiger partial charge in [0.25, 0.3) is 0 Å². The molecule has 0 saturated heterocycles. The minimum absolute atomic E-state index is 0.0271. The predicted octanol–water partition coefficient (Wildman–Crippen LogP) is 7.84. The fourth-order valence-corrected chi connectivity index (χ4v) is 8.22. The molecule has 2 unspecified atom stereocenters. The lowest BCUT2D eigenvalue weighted by molar-refractivity contribution is 0.127. The van der Waals surface area contributed by atoms with Gasteiger partial charge in [-0.1, -0.05) is 74.3 Å². The average Bonchev–Trinajstić information content (AvgIpc) is 3.46. The Bertz CT molecular complexity index is 655. The van der Waals surface area contributed by atoms with Crippen molar-refractivity contribution in [2.75, 3.05) is 40.9 Å². The number of hydrogen-bond acceptors (Lipinski definition) is 6. The second kappa shape index (κ2) is 24.6. The molecular formula is C33H62O6Si2. The molecule has 0 aromatic carbocycles. The van der Waals surface area contributed by atoms with E-state index in [4.69, 9.17) is 17.7 Å². The zero-order valence-corrected chi connectivity index (χ0v) is 28.7. The van der Waals surface area contributed by atoms with E-state index >= 15 is 0 Å². The van der Waals surface area contributed by atoms with Crippen LogP contribution < -0.4 is 0 Å². The van der Waals surface area contributed by atoms with Crippen molar-refractivity contribution in [3.63, 3.8) is 0 Å². The van der Waals surface area contributed by atoms with Crippen LogP contribution in [0.1, 0.15) is 96.3 Å². The summed E-state index contributed by atoms with van der Waals surface area (Å²) in [6, 6.07) is 1.42. The van der Waals surface area contributed by atoms with E-state index in [1.807, 2.05) is 0 Å². The lowest BCUT2D eigenvalue weighted by Crippen LogP contribution is -2.45. The van der Waals surface area contributed by atoms with Crippen LogP contribution in [0.5, 0.6) is 0 Å². The Hall–Kier alpha value is -0.846. The molecule has 1 rings (SSSR count). The van der Waals surface area contributed by atoms with Gasteiger partial charge in [0.15, 0.2) is 0 Å². The zero-order valence-electron chi connectivity index (χ0n) is 26.7. The first-order chi connectivity index (χ1) is 20.0. The van der Waals surface area contributed by atoms with Crippen LogP contribution in [0.4, 0.5) is 0 Å². The molecule has 1 aliphatic rings. The second-order valence-electron chi connectivity index (χ2n) is 11.5. The van der Waals surface area contributed by atoms with Gasteiger partial charge in [-0.25, -0.2) is 0 Å². The maximum absolute atomic E-state index is 9.45. The molecule has 2 atom stereocenters. The van der Waals surface area contributed by atoms with E-state index in [9.17, 15) is 10.2 Å². The first kappa shape index (κ1) is 38.2. The third kappa shape index (κ3) is 17.1. The predicted molar refractivity (Wildman–Crippen MR) is 176 cm³/mol. The van der Waals surface area contributed by atoms with Crippen molar-refractivity contribution in [2.45, 2.75) is 108 Å². The van der Waals surface area contributed by atoms with Crippen LogP contribution in [0, 0.1) is 11.8 Å². The van der Waals surface area contributed by atoms with Crippen molar-refractivity contribution in [3.05, 3.63) is 48.6 Å². The van der Waals surface area contributed by atoms with E-state index in [2.05, 4.69) is 48.6 Å². The van der Waals surface area contributed by atoms with Crippen LogP contribution >= 0.6 is 0 Å². The molecule has 0 radical (unpaired) electrons. The standard InChI is InChI=1S/C33H62O6Si2/c1-36-40(30-34,31-35)27-21-17-13-9-5-7-11-15-19-23-32-25-26-33(29-32)24-20-16-12-8-6-10-14-18-22-28-41(37-2,38-3)39-4/h17-24,32-35H,5-16,25-31H2,1-4H3. The van der Waals surface area contributed by atoms with Gasteiger partial charge in [0.05, 0.1) is 12.5 Å². The molecule has 0 bridgehead atoms. The highest BCUT2D eigenvalue weighted by molar-refractivity contribution is 6.73. The van der Waals surface area contributed by atoms with Crippen molar-refractivity contribution in [1.29, 1.82) is 0 Å². The van der Waals surface area contributed by atoms with E-state index in [-0.39, 0.29) is 12.5 Å². The molecule has 0 amide bonds. The Morgan fingerprint density at radius 1 is 0.537 bits per heavy atom. The summed E-state index contributed by atoms with van der Waals surface area (Å²) in [6.07, 6.45) is 37.2. The molecule has 0 spiro atoms. The highest BCUT2D eigenvalue weighted by Crippen LogP contribution is 2.33. The van der Waals surface area contributed by atoms with Gasteiger partial charge >= 0.3 is 8.80 Å². The van der Waals surface area contributed by atoms with Crippen LogP contribution in [-0.2, 0) is 17.7 Å². The quantitative estimate of drug-likeness (QED) is 0.0590. The molecule has 0 heterocycles. The summed E-state index contributed by atoms with van der Waals surface area (Å²) >= 11 is 0. The lowest BCUT2D eigenvalue weighted by atomic mass is 10.0. The molecule has 8 heteroatoms.